The summed E-state index contributed by atoms with van der Waals surface area (Å²) in [6.07, 6.45) is 2.91. The molecule has 1 aromatic carbocycles. The number of halogens is 1. The summed E-state index contributed by atoms with van der Waals surface area (Å²) in [6.45, 7) is 0.786. The number of likely N-dealkylation sites (tertiary alicyclic amines) is 1. The van der Waals surface area contributed by atoms with E-state index in [1.807, 2.05) is 17.0 Å². The Morgan fingerprint density at radius 1 is 1.45 bits per heavy atom. The number of carbonyl (C=O) groups is 1. The number of aromatic nitrogens is 1. The first-order valence-electron chi connectivity index (χ1n) is 7.22. The molecule has 0 aliphatic carbocycles. The number of benzene rings is 1. The van der Waals surface area contributed by atoms with Crippen LogP contribution in [0.1, 0.15) is 28.1 Å². The second kappa shape index (κ2) is 6.67. The summed E-state index contributed by atoms with van der Waals surface area (Å²) in [5.74, 6) is 0.850. The fourth-order valence-corrected chi connectivity index (χ4v) is 3.80. The second-order valence-corrected chi connectivity index (χ2v) is 6.53. The van der Waals surface area contributed by atoms with Gasteiger partial charge >= 0.3 is 0 Å². The van der Waals surface area contributed by atoms with E-state index in [-0.39, 0.29) is 11.9 Å². The van der Waals surface area contributed by atoms with Crippen molar-refractivity contribution in [2.75, 3.05) is 13.7 Å². The number of thiazole rings is 1. The topological polar surface area (TPSA) is 42.4 Å². The van der Waals surface area contributed by atoms with Crippen LogP contribution < -0.4 is 4.74 Å². The van der Waals surface area contributed by atoms with Gasteiger partial charge in [0, 0.05) is 12.6 Å². The van der Waals surface area contributed by atoms with Gasteiger partial charge < -0.3 is 9.64 Å². The molecular weight excluding hydrogens is 320 g/mol. The summed E-state index contributed by atoms with van der Waals surface area (Å²) in [6, 6.07) is 8.24. The smallest absolute Gasteiger partial charge is 0.267 e. The van der Waals surface area contributed by atoms with E-state index in [9.17, 15) is 4.79 Å². The third-order valence-corrected chi connectivity index (χ3v) is 5.20. The number of amides is 1. The van der Waals surface area contributed by atoms with Gasteiger partial charge in [-0.3, -0.25) is 4.79 Å². The lowest BCUT2D eigenvalue weighted by molar-refractivity contribution is 0.0741. The van der Waals surface area contributed by atoms with E-state index < -0.39 is 0 Å². The number of ether oxygens (including phenoxy) is 1. The Kier molecular flexibility index (Phi) is 4.64. The Hall–Kier alpha value is -1.59. The van der Waals surface area contributed by atoms with Gasteiger partial charge in [-0.05, 0) is 37.0 Å². The van der Waals surface area contributed by atoms with Gasteiger partial charge in [0.05, 0.1) is 12.6 Å². The highest BCUT2D eigenvalue weighted by Crippen LogP contribution is 2.27. The molecule has 0 radical (unpaired) electrons. The molecule has 0 bridgehead atoms. The predicted octanol–water partition coefficient (Wildman–Crippen LogP) is 3.65. The van der Waals surface area contributed by atoms with Crippen LogP contribution in [0.15, 0.2) is 29.8 Å². The van der Waals surface area contributed by atoms with Crippen LogP contribution in [0.4, 0.5) is 0 Å². The van der Waals surface area contributed by atoms with Crippen molar-refractivity contribution in [3.8, 4) is 5.75 Å². The average molecular weight is 337 g/mol. The Balaban J connectivity index is 1.72. The van der Waals surface area contributed by atoms with Gasteiger partial charge in [-0.2, -0.15) is 0 Å². The first kappa shape index (κ1) is 15.3. The predicted molar refractivity (Wildman–Crippen MR) is 87.9 cm³/mol. The molecule has 6 heteroatoms. The summed E-state index contributed by atoms with van der Waals surface area (Å²) in [4.78, 5) is 19.1. The highest BCUT2D eigenvalue weighted by molar-refractivity contribution is 7.12. The van der Waals surface area contributed by atoms with E-state index in [4.69, 9.17) is 16.3 Å². The van der Waals surface area contributed by atoms with Gasteiger partial charge in [-0.1, -0.05) is 23.7 Å². The minimum atomic E-state index is 0.00325. The van der Waals surface area contributed by atoms with E-state index in [2.05, 4.69) is 17.1 Å². The van der Waals surface area contributed by atoms with E-state index >= 15 is 0 Å². The molecule has 1 unspecified atom stereocenters. The zero-order chi connectivity index (χ0) is 15.5. The van der Waals surface area contributed by atoms with E-state index in [0.717, 1.165) is 31.6 Å². The monoisotopic (exact) mass is 336 g/mol. The zero-order valence-electron chi connectivity index (χ0n) is 12.3. The molecule has 1 fully saturated rings. The molecule has 4 nitrogen and oxygen atoms in total. The summed E-state index contributed by atoms with van der Waals surface area (Å²) in [5.41, 5.74) is 2.82. The van der Waals surface area contributed by atoms with Crippen molar-refractivity contribution in [1.29, 1.82) is 0 Å². The van der Waals surface area contributed by atoms with Crippen molar-refractivity contribution in [1.82, 2.24) is 9.88 Å². The van der Waals surface area contributed by atoms with Crippen molar-refractivity contribution in [3.05, 3.63) is 45.4 Å². The van der Waals surface area contributed by atoms with Crippen molar-refractivity contribution in [3.63, 3.8) is 0 Å². The summed E-state index contributed by atoms with van der Waals surface area (Å²) in [7, 11) is 1.66. The van der Waals surface area contributed by atoms with Crippen LogP contribution in [0, 0.1) is 0 Å². The zero-order valence-corrected chi connectivity index (χ0v) is 13.9. The van der Waals surface area contributed by atoms with Crippen LogP contribution in [-0.2, 0) is 6.42 Å². The minimum Gasteiger partial charge on any atom is -0.497 e. The minimum absolute atomic E-state index is 0.00325. The van der Waals surface area contributed by atoms with Crippen LogP contribution in [0.2, 0.25) is 5.15 Å². The third kappa shape index (κ3) is 3.10. The first-order chi connectivity index (χ1) is 10.7. The van der Waals surface area contributed by atoms with Gasteiger partial charge in [-0.25, -0.2) is 4.98 Å². The van der Waals surface area contributed by atoms with Crippen molar-refractivity contribution in [2.45, 2.75) is 25.3 Å². The van der Waals surface area contributed by atoms with Crippen LogP contribution >= 0.6 is 22.9 Å². The molecule has 1 aromatic heterocycles. The number of methoxy groups -OCH3 is 1. The average Bonchev–Trinajstić information content (AvgIpc) is 3.16. The third-order valence-electron chi connectivity index (χ3n) is 3.99. The molecule has 1 saturated heterocycles. The number of nitrogens with zero attached hydrogens (tertiary/aromatic N) is 2. The fourth-order valence-electron chi connectivity index (χ4n) is 2.85. The number of hydrogen-bond donors (Lipinski definition) is 0. The second-order valence-electron chi connectivity index (χ2n) is 5.32. The molecule has 2 aromatic rings. The lowest BCUT2D eigenvalue weighted by Crippen LogP contribution is -2.36. The van der Waals surface area contributed by atoms with Crippen molar-refractivity contribution < 1.29 is 9.53 Å². The maximum atomic E-state index is 12.6. The van der Waals surface area contributed by atoms with Gasteiger partial charge in [0.25, 0.3) is 5.91 Å². The normalized spacial score (nSPS) is 17.7. The van der Waals surface area contributed by atoms with Crippen molar-refractivity contribution >= 4 is 28.8 Å². The molecule has 1 atom stereocenters. The molecule has 0 spiro atoms. The molecule has 116 valence electrons. The number of hydrogen-bond acceptors (Lipinski definition) is 4. The molecule has 3 rings (SSSR count). The first-order valence-corrected chi connectivity index (χ1v) is 8.47. The maximum absolute atomic E-state index is 12.6. The molecule has 0 saturated carbocycles. The highest BCUT2D eigenvalue weighted by atomic mass is 35.5. The van der Waals surface area contributed by atoms with Gasteiger partial charge in [0.15, 0.2) is 5.15 Å². The lowest BCUT2D eigenvalue weighted by atomic mass is 10.0. The summed E-state index contributed by atoms with van der Waals surface area (Å²) in [5, 5.41) is 0.310. The van der Waals surface area contributed by atoms with Gasteiger partial charge in [-0.15, -0.1) is 11.3 Å². The van der Waals surface area contributed by atoms with Gasteiger partial charge in [0.1, 0.15) is 10.6 Å². The molecule has 0 N–H and O–H groups in total. The van der Waals surface area contributed by atoms with Crippen LogP contribution in [-0.4, -0.2) is 35.5 Å². The molecule has 1 aliphatic heterocycles. The highest BCUT2D eigenvalue weighted by Gasteiger charge is 2.31. The Labute approximate surface area is 138 Å². The van der Waals surface area contributed by atoms with Crippen LogP contribution in [0.3, 0.4) is 0 Å². The number of rotatable bonds is 4. The molecule has 2 heterocycles. The molecule has 1 amide bonds. The number of carbonyl (C=O) groups excluding carboxylic acids is 1. The van der Waals surface area contributed by atoms with Crippen molar-refractivity contribution in [2.24, 2.45) is 0 Å². The standard InChI is InChI=1S/C16H17ClN2O2S/c1-21-13-6-4-11(5-7-13)9-12-3-2-8-19(12)16(20)14-15(17)18-10-22-14/h4-7,10,12H,2-3,8-9H2,1H3. The summed E-state index contributed by atoms with van der Waals surface area (Å²) >= 11 is 7.30. The molecule has 22 heavy (non-hydrogen) atoms. The van der Waals surface area contributed by atoms with Crippen LogP contribution in [0.5, 0.6) is 5.75 Å². The largest absolute Gasteiger partial charge is 0.497 e. The maximum Gasteiger partial charge on any atom is 0.267 e. The Morgan fingerprint density at radius 3 is 2.86 bits per heavy atom. The Bertz CT molecular complexity index is 656. The SMILES string of the molecule is COc1ccc(CC2CCCN2C(=O)c2scnc2Cl)cc1. The molecular formula is C16H17ClN2O2S. The van der Waals surface area contributed by atoms with Gasteiger partial charge in [0.2, 0.25) is 0 Å². The van der Waals surface area contributed by atoms with E-state index in [0.29, 0.717) is 10.0 Å². The van der Waals surface area contributed by atoms with E-state index in [1.165, 1.54) is 16.9 Å². The fraction of sp³-hybridized carbons (Fsp3) is 0.375. The Morgan fingerprint density at radius 2 is 2.23 bits per heavy atom. The molecule has 1 aliphatic rings. The quantitative estimate of drug-likeness (QED) is 0.855. The van der Waals surface area contributed by atoms with E-state index in [1.54, 1.807) is 12.6 Å². The summed E-state index contributed by atoms with van der Waals surface area (Å²) < 4.78 is 5.18. The van der Waals surface area contributed by atoms with Crippen LogP contribution in [0.25, 0.3) is 0 Å². The lowest BCUT2D eigenvalue weighted by Gasteiger charge is -2.24.